The van der Waals surface area contributed by atoms with Crippen molar-refractivity contribution in [1.29, 1.82) is 0 Å². The van der Waals surface area contributed by atoms with Gasteiger partial charge in [-0.3, -0.25) is 14.6 Å². The van der Waals surface area contributed by atoms with E-state index in [1.54, 1.807) is 24.5 Å². The Balaban J connectivity index is 0.00000192. The van der Waals surface area contributed by atoms with Crippen LogP contribution >= 0.6 is 28.3 Å². The first-order valence-electron chi connectivity index (χ1n) is 6.90. The summed E-state index contributed by atoms with van der Waals surface area (Å²) in [5.74, 6) is -0.388. The molecule has 5 nitrogen and oxygen atoms in total. The van der Waals surface area contributed by atoms with Crippen molar-refractivity contribution in [3.8, 4) is 0 Å². The molecule has 3 rings (SSSR count). The van der Waals surface area contributed by atoms with Crippen LogP contribution in [0.2, 0.25) is 0 Å². The van der Waals surface area contributed by atoms with Crippen LogP contribution < -0.4 is 10.2 Å². The third-order valence-electron chi connectivity index (χ3n) is 3.53. The van der Waals surface area contributed by atoms with Crippen LogP contribution in [-0.2, 0) is 16.1 Å². The number of halogens is 2. The molecule has 0 saturated carbocycles. The molecule has 1 N–H and O–H groups in total. The van der Waals surface area contributed by atoms with E-state index in [0.717, 1.165) is 10.0 Å². The minimum atomic E-state index is -0.482. The fraction of sp³-hybridized carbons (Fsp3) is 0.188. The van der Waals surface area contributed by atoms with E-state index in [9.17, 15) is 9.59 Å². The van der Waals surface area contributed by atoms with Gasteiger partial charge in [0, 0.05) is 23.4 Å². The predicted octanol–water partition coefficient (Wildman–Crippen LogP) is 2.69. The minimum absolute atomic E-state index is 0. The fourth-order valence-electron chi connectivity index (χ4n) is 2.39. The molecule has 0 radical (unpaired) electrons. The number of anilines is 1. The first-order chi connectivity index (χ1) is 10.6. The number of carbonyl (C=O) groups is 2. The van der Waals surface area contributed by atoms with Gasteiger partial charge in [-0.2, -0.15) is 0 Å². The van der Waals surface area contributed by atoms with Gasteiger partial charge < -0.3 is 5.32 Å². The molecule has 7 heteroatoms. The van der Waals surface area contributed by atoms with E-state index >= 15 is 0 Å². The van der Waals surface area contributed by atoms with Gasteiger partial charge in [0.2, 0.25) is 5.91 Å². The molecule has 0 bridgehead atoms. The van der Waals surface area contributed by atoms with E-state index in [1.807, 2.05) is 24.3 Å². The summed E-state index contributed by atoms with van der Waals surface area (Å²) in [6.07, 6.45) is 3.58. The summed E-state index contributed by atoms with van der Waals surface area (Å²) in [4.78, 5) is 29.8. The Kier molecular flexibility index (Phi) is 5.87. The third-order valence-corrected chi connectivity index (χ3v) is 4.06. The fourth-order valence-corrected chi connectivity index (χ4v) is 2.66. The molecule has 1 aliphatic rings. The molecule has 23 heavy (non-hydrogen) atoms. The van der Waals surface area contributed by atoms with Gasteiger partial charge >= 0.3 is 0 Å². The zero-order chi connectivity index (χ0) is 15.5. The first kappa shape index (κ1) is 17.6. The molecular weight excluding hydrogens is 382 g/mol. The number of amides is 2. The molecule has 0 aliphatic carbocycles. The summed E-state index contributed by atoms with van der Waals surface area (Å²) in [6, 6.07) is 10.4. The number of pyridine rings is 1. The second-order valence-electron chi connectivity index (χ2n) is 5.04. The van der Waals surface area contributed by atoms with Crippen molar-refractivity contribution >= 4 is 45.8 Å². The molecule has 1 aromatic carbocycles. The smallest absolute Gasteiger partial charge is 0.251 e. The standard InChI is InChI=1S/C16H14BrN3O2.ClH/c17-12-1-3-13(4-2-12)20-15(21)9-14(16(20)22)19-10-11-5-7-18-8-6-11;/h1-8,14,19H,9-10H2;1H. The van der Waals surface area contributed by atoms with E-state index in [2.05, 4.69) is 26.2 Å². The highest BCUT2D eigenvalue weighted by molar-refractivity contribution is 9.10. The minimum Gasteiger partial charge on any atom is -0.301 e. The molecule has 2 amide bonds. The largest absolute Gasteiger partial charge is 0.301 e. The summed E-state index contributed by atoms with van der Waals surface area (Å²) < 4.78 is 0.905. The zero-order valence-electron chi connectivity index (χ0n) is 12.1. The molecule has 2 aromatic rings. The maximum Gasteiger partial charge on any atom is 0.251 e. The van der Waals surface area contributed by atoms with E-state index in [4.69, 9.17) is 0 Å². The number of nitrogens with one attached hydrogen (secondary N) is 1. The lowest BCUT2D eigenvalue weighted by Crippen LogP contribution is -2.38. The van der Waals surface area contributed by atoms with Gasteiger partial charge in [0.05, 0.1) is 18.2 Å². The maximum atomic E-state index is 12.4. The van der Waals surface area contributed by atoms with Crippen molar-refractivity contribution in [2.24, 2.45) is 0 Å². The topological polar surface area (TPSA) is 62.3 Å². The quantitative estimate of drug-likeness (QED) is 0.807. The predicted molar refractivity (Wildman–Crippen MR) is 93.4 cm³/mol. The lowest BCUT2D eigenvalue weighted by Gasteiger charge is -2.15. The number of hydrogen-bond donors (Lipinski definition) is 1. The lowest BCUT2D eigenvalue weighted by molar-refractivity contribution is -0.121. The average molecular weight is 397 g/mol. The number of benzene rings is 1. The second kappa shape index (κ2) is 7.68. The van der Waals surface area contributed by atoms with Crippen molar-refractivity contribution < 1.29 is 9.59 Å². The molecule has 1 aliphatic heterocycles. The van der Waals surface area contributed by atoms with Crippen LogP contribution in [0.15, 0.2) is 53.3 Å². The molecule has 2 heterocycles. The highest BCUT2D eigenvalue weighted by Gasteiger charge is 2.39. The first-order valence-corrected chi connectivity index (χ1v) is 7.69. The number of carbonyl (C=O) groups excluding carboxylic acids is 2. The Labute approximate surface area is 148 Å². The normalized spacial score (nSPS) is 17.3. The summed E-state index contributed by atoms with van der Waals surface area (Å²) in [5, 5.41) is 3.14. The molecule has 1 unspecified atom stereocenters. The van der Waals surface area contributed by atoms with Crippen LogP contribution in [0.3, 0.4) is 0 Å². The maximum absolute atomic E-state index is 12.4. The van der Waals surface area contributed by atoms with Crippen molar-refractivity contribution in [3.63, 3.8) is 0 Å². The van der Waals surface area contributed by atoms with E-state index < -0.39 is 6.04 Å². The Hall–Kier alpha value is -1.76. The summed E-state index contributed by atoms with van der Waals surface area (Å²) in [7, 11) is 0. The van der Waals surface area contributed by atoms with Crippen molar-refractivity contribution in [3.05, 3.63) is 58.8 Å². The van der Waals surface area contributed by atoms with Gasteiger partial charge in [-0.05, 0) is 42.0 Å². The lowest BCUT2D eigenvalue weighted by atomic mass is 10.2. The van der Waals surface area contributed by atoms with Gasteiger partial charge in [0.15, 0.2) is 0 Å². The number of hydrogen-bond acceptors (Lipinski definition) is 4. The average Bonchev–Trinajstić information content (AvgIpc) is 2.82. The van der Waals surface area contributed by atoms with Crippen LogP contribution in [0.4, 0.5) is 5.69 Å². The van der Waals surface area contributed by atoms with Gasteiger partial charge in [-0.15, -0.1) is 12.4 Å². The van der Waals surface area contributed by atoms with Crippen LogP contribution in [0, 0.1) is 0 Å². The van der Waals surface area contributed by atoms with Crippen LogP contribution in [0.5, 0.6) is 0 Å². The van der Waals surface area contributed by atoms with Crippen LogP contribution in [-0.4, -0.2) is 22.8 Å². The Morgan fingerprint density at radius 3 is 2.43 bits per heavy atom. The molecule has 1 atom stereocenters. The Morgan fingerprint density at radius 2 is 1.78 bits per heavy atom. The van der Waals surface area contributed by atoms with Crippen molar-refractivity contribution in [2.45, 2.75) is 19.0 Å². The number of nitrogens with zero attached hydrogens (tertiary/aromatic N) is 2. The van der Waals surface area contributed by atoms with Crippen LogP contribution in [0.1, 0.15) is 12.0 Å². The van der Waals surface area contributed by atoms with Crippen LogP contribution in [0.25, 0.3) is 0 Å². The summed E-state index contributed by atoms with van der Waals surface area (Å²) >= 11 is 3.34. The SMILES string of the molecule is Cl.O=C1CC(NCc2ccncc2)C(=O)N1c1ccc(Br)cc1. The van der Waals surface area contributed by atoms with Crippen molar-refractivity contribution in [2.75, 3.05) is 4.90 Å². The van der Waals surface area contributed by atoms with Crippen molar-refractivity contribution in [1.82, 2.24) is 10.3 Å². The molecule has 120 valence electrons. The number of rotatable bonds is 4. The highest BCUT2D eigenvalue weighted by Crippen LogP contribution is 2.24. The molecular formula is C16H15BrClN3O2. The zero-order valence-corrected chi connectivity index (χ0v) is 14.5. The number of aromatic nitrogens is 1. The van der Waals surface area contributed by atoms with Gasteiger partial charge in [0.1, 0.15) is 0 Å². The Bertz CT molecular complexity index is 694. The number of imide groups is 1. The highest BCUT2D eigenvalue weighted by atomic mass is 79.9. The summed E-state index contributed by atoms with van der Waals surface area (Å²) in [5.41, 5.74) is 1.63. The van der Waals surface area contributed by atoms with Gasteiger partial charge in [-0.1, -0.05) is 15.9 Å². The molecule has 1 fully saturated rings. The monoisotopic (exact) mass is 395 g/mol. The molecule has 1 saturated heterocycles. The summed E-state index contributed by atoms with van der Waals surface area (Å²) in [6.45, 7) is 0.528. The van der Waals surface area contributed by atoms with Gasteiger partial charge in [0.25, 0.3) is 5.91 Å². The van der Waals surface area contributed by atoms with E-state index in [0.29, 0.717) is 12.2 Å². The Morgan fingerprint density at radius 1 is 1.13 bits per heavy atom. The molecule has 1 aromatic heterocycles. The second-order valence-corrected chi connectivity index (χ2v) is 5.95. The third kappa shape index (κ3) is 3.96. The van der Waals surface area contributed by atoms with Gasteiger partial charge in [-0.25, -0.2) is 4.90 Å². The van der Waals surface area contributed by atoms with E-state index in [1.165, 1.54) is 4.90 Å². The molecule has 0 spiro atoms. The van der Waals surface area contributed by atoms with E-state index in [-0.39, 0.29) is 30.6 Å².